The molecule has 106 valence electrons. The Labute approximate surface area is 138 Å². The zero-order valence-corrected chi connectivity index (χ0v) is 15.0. The van der Waals surface area contributed by atoms with Gasteiger partial charge in [0.15, 0.2) is 0 Å². The normalized spacial score (nSPS) is 12.4. The second-order valence-electron chi connectivity index (χ2n) is 4.91. The van der Waals surface area contributed by atoms with E-state index >= 15 is 0 Å². The molecule has 3 heteroatoms. The van der Waals surface area contributed by atoms with E-state index in [4.69, 9.17) is 0 Å². The van der Waals surface area contributed by atoms with E-state index in [9.17, 15) is 0 Å². The second kappa shape index (κ2) is 7.39. The summed E-state index contributed by atoms with van der Waals surface area (Å²) in [4.78, 5) is 0. The van der Waals surface area contributed by atoms with Crippen LogP contribution in [0.3, 0.4) is 0 Å². The Bertz CT molecular complexity index is 581. The molecule has 0 saturated carbocycles. The maximum Gasteiger partial charge on any atom is 0.0361 e. The van der Waals surface area contributed by atoms with E-state index in [1.54, 1.807) is 0 Å². The average Bonchev–Trinajstić information content (AvgIpc) is 2.44. The average molecular weight is 397 g/mol. The highest BCUT2D eigenvalue weighted by atomic mass is 79.9. The molecule has 1 atom stereocenters. The minimum absolute atomic E-state index is 0.329. The Morgan fingerprint density at radius 3 is 2.45 bits per heavy atom. The molecule has 0 aromatic heterocycles. The summed E-state index contributed by atoms with van der Waals surface area (Å²) in [5, 5.41) is 3.58. The monoisotopic (exact) mass is 395 g/mol. The van der Waals surface area contributed by atoms with Gasteiger partial charge in [-0.25, -0.2) is 0 Å². The van der Waals surface area contributed by atoms with Crippen LogP contribution in [0.2, 0.25) is 0 Å². The summed E-state index contributed by atoms with van der Waals surface area (Å²) in [7, 11) is 0. The highest BCUT2D eigenvalue weighted by Crippen LogP contribution is 2.26. The first-order valence-corrected chi connectivity index (χ1v) is 8.43. The van der Waals surface area contributed by atoms with Gasteiger partial charge in [-0.3, -0.25) is 0 Å². The Balaban J connectivity index is 2.27. The number of nitrogens with one attached hydrogen (secondary N) is 1. The molecule has 0 bridgehead atoms. The third-order valence-corrected chi connectivity index (χ3v) is 5.06. The lowest BCUT2D eigenvalue weighted by molar-refractivity contribution is 0.548. The highest BCUT2D eigenvalue weighted by Gasteiger charge is 2.13. The number of halogens is 2. The Morgan fingerprint density at radius 1 is 1.05 bits per heavy atom. The van der Waals surface area contributed by atoms with Gasteiger partial charge in [-0.2, -0.15) is 0 Å². The lowest BCUT2D eigenvalue weighted by Gasteiger charge is -2.20. The Morgan fingerprint density at radius 2 is 1.80 bits per heavy atom. The van der Waals surface area contributed by atoms with Gasteiger partial charge >= 0.3 is 0 Å². The third kappa shape index (κ3) is 3.94. The summed E-state index contributed by atoms with van der Waals surface area (Å²) in [6.07, 6.45) is 0.977. The van der Waals surface area contributed by atoms with Crippen molar-refractivity contribution in [3.63, 3.8) is 0 Å². The molecule has 20 heavy (non-hydrogen) atoms. The molecule has 0 heterocycles. The second-order valence-corrected chi connectivity index (χ2v) is 6.62. The van der Waals surface area contributed by atoms with E-state index in [1.165, 1.54) is 25.6 Å². The molecule has 0 aliphatic heterocycles. The summed E-state index contributed by atoms with van der Waals surface area (Å²) in [5.41, 5.74) is 3.92. The molecule has 0 amide bonds. The van der Waals surface area contributed by atoms with Crippen LogP contribution < -0.4 is 5.32 Å². The maximum atomic E-state index is 3.64. The number of hydrogen-bond acceptors (Lipinski definition) is 1. The van der Waals surface area contributed by atoms with Gasteiger partial charge in [0.1, 0.15) is 0 Å². The number of benzene rings is 2. The molecule has 0 fully saturated rings. The molecule has 1 unspecified atom stereocenters. The van der Waals surface area contributed by atoms with Crippen molar-refractivity contribution in [3.8, 4) is 0 Å². The van der Waals surface area contributed by atoms with Crippen LogP contribution in [0.1, 0.15) is 29.7 Å². The fourth-order valence-corrected chi connectivity index (χ4v) is 3.11. The molecule has 0 aliphatic carbocycles. The maximum absolute atomic E-state index is 3.64. The number of hydrogen-bond donors (Lipinski definition) is 1. The fraction of sp³-hybridized carbons (Fsp3) is 0.294. The van der Waals surface area contributed by atoms with Crippen LogP contribution in [-0.4, -0.2) is 6.54 Å². The molecule has 2 aromatic rings. The first kappa shape index (κ1) is 15.7. The van der Waals surface area contributed by atoms with Crippen LogP contribution in [0, 0.1) is 6.92 Å². The molecule has 0 spiro atoms. The van der Waals surface area contributed by atoms with E-state index in [-0.39, 0.29) is 0 Å². The van der Waals surface area contributed by atoms with Gasteiger partial charge in [0.25, 0.3) is 0 Å². The Kier molecular flexibility index (Phi) is 5.82. The first-order valence-electron chi connectivity index (χ1n) is 6.84. The third-order valence-electron chi connectivity index (χ3n) is 3.43. The molecule has 1 N–H and O–H groups in total. The van der Waals surface area contributed by atoms with Crippen molar-refractivity contribution in [2.75, 3.05) is 6.54 Å². The zero-order valence-electron chi connectivity index (χ0n) is 11.8. The van der Waals surface area contributed by atoms with Crippen LogP contribution in [0.15, 0.2) is 51.4 Å². The van der Waals surface area contributed by atoms with Gasteiger partial charge in [0, 0.05) is 15.0 Å². The van der Waals surface area contributed by atoms with E-state index < -0.39 is 0 Å². The SMILES string of the molecule is CCNC(Cc1ccccc1Br)c1ccc(C)c(Br)c1. The summed E-state index contributed by atoms with van der Waals surface area (Å²) < 4.78 is 2.35. The molecular weight excluding hydrogens is 378 g/mol. The van der Waals surface area contributed by atoms with Gasteiger partial charge in [0.05, 0.1) is 0 Å². The van der Waals surface area contributed by atoms with Gasteiger partial charge in [-0.15, -0.1) is 0 Å². The van der Waals surface area contributed by atoms with Crippen LogP contribution in [-0.2, 0) is 6.42 Å². The summed E-state index contributed by atoms with van der Waals surface area (Å²) in [5.74, 6) is 0. The van der Waals surface area contributed by atoms with Crippen molar-refractivity contribution in [1.82, 2.24) is 5.32 Å². The fourth-order valence-electron chi connectivity index (χ4n) is 2.26. The number of rotatable bonds is 5. The number of aryl methyl sites for hydroxylation is 1. The lowest BCUT2D eigenvalue weighted by Crippen LogP contribution is -2.23. The standard InChI is InChI=1S/C17H19Br2N/c1-3-20-17(11-13-6-4-5-7-15(13)18)14-9-8-12(2)16(19)10-14/h4-10,17,20H,3,11H2,1-2H3. The van der Waals surface area contributed by atoms with Gasteiger partial charge in [-0.05, 0) is 48.7 Å². The van der Waals surface area contributed by atoms with Gasteiger partial charge < -0.3 is 5.32 Å². The van der Waals surface area contributed by atoms with Gasteiger partial charge in [-0.1, -0.05) is 69.1 Å². The lowest BCUT2D eigenvalue weighted by atomic mass is 9.98. The molecule has 1 nitrogen and oxygen atoms in total. The molecule has 2 rings (SSSR count). The van der Waals surface area contributed by atoms with Crippen LogP contribution in [0.25, 0.3) is 0 Å². The van der Waals surface area contributed by atoms with Crippen molar-refractivity contribution >= 4 is 31.9 Å². The Hall–Kier alpha value is -0.640. The van der Waals surface area contributed by atoms with Crippen molar-refractivity contribution in [2.24, 2.45) is 0 Å². The van der Waals surface area contributed by atoms with Crippen LogP contribution in [0.5, 0.6) is 0 Å². The highest BCUT2D eigenvalue weighted by molar-refractivity contribution is 9.10. The summed E-state index contributed by atoms with van der Waals surface area (Å²) in [6.45, 7) is 5.22. The topological polar surface area (TPSA) is 12.0 Å². The van der Waals surface area contributed by atoms with Crippen LogP contribution in [0.4, 0.5) is 0 Å². The summed E-state index contributed by atoms with van der Waals surface area (Å²) >= 11 is 7.27. The largest absolute Gasteiger partial charge is 0.310 e. The summed E-state index contributed by atoms with van der Waals surface area (Å²) in [6, 6.07) is 15.4. The molecule has 0 aliphatic rings. The van der Waals surface area contributed by atoms with Crippen molar-refractivity contribution < 1.29 is 0 Å². The van der Waals surface area contributed by atoms with Crippen molar-refractivity contribution in [3.05, 3.63) is 68.1 Å². The molecule has 2 aromatic carbocycles. The quantitative estimate of drug-likeness (QED) is 0.711. The van der Waals surface area contributed by atoms with E-state index in [0.717, 1.165) is 13.0 Å². The molecule has 0 radical (unpaired) electrons. The minimum Gasteiger partial charge on any atom is -0.310 e. The first-order chi connectivity index (χ1) is 9.61. The molecule has 0 saturated heterocycles. The van der Waals surface area contributed by atoms with Crippen molar-refractivity contribution in [1.29, 1.82) is 0 Å². The predicted molar refractivity (Wildman–Crippen MR) is 93.1 cm³/mol. The number of likely N-dealkylation sites (N-methyl/N-ethyl adjacent to an activating group) is 1. The smallest absolute Gasteiger partial charge is 0.0361 e. The van der Waals surface area contributed by atoms with E-state index in [1.807, 2.05) is 0 Å². The van der Waals surface area contributed by atoms with Crippen molar-refractivity contribution in [2.45, 2.75) is 26.3 Å². The zero-order chi connectivity index (χ0) is 14.5. The predicted octanol–water partition coefficient (Wildman–Crippen LogP) is 5.41. The van der Waals surface area contributed by atoms with Gasteiger partial charge in [0.2, 0.25) is 0 Å². The molecular formula is C17H19Br2N. The minimum atomic E-state index is 0.329. The van der Waals surface area contributed by atoms with E-state index in [2.05, 4.69) is 93.5 Å². The van der Waals surface area contributed by atoms with Crippen LogP contribution >= 0.6 is 31.9 Å². The van der Waals surface area contributed by atoms with E-state index in [0.29, 0.717) is 6.04 Å².